The van der Waals surface area contributed by atoms with E-state index in [2.05, 4.69) is 10.4 Å². The molecule has 0 bridgehead atoms. The van der Waals surface area contributed by atoms with Crippen molar-refractivity contribution in [1.29, 1.82) is 0 Å². The van der Waals surface area contributed by atoms with Crippen LogP contribution in [-0.2, 0) is 11.3 Å². The minimum atomic E-state index is -0.728. The number of carbonyl (C=O) groups excluding carboxylic acids is 1. The van der Waals surface area contributed by atoms with Gasteiger partial charge in [-0.25, -0.2) is 9.07 Å². The molecule has 0 radical (unpaired) electrons. The van der Waals surface area contributed by atoms with Crippen molar-refractivity contribution in [1.82, 2.24) is 15.1 Å². The minimum Gasteiger partial charge on any atom is -0.390 e. The first-order valence-electron chi connectivity index (χ1n) is 9.04. The number of aliphatic hydroxyl groups is 1. The van der Waals surface area contributed by atoms with Crippen molar-refractivity contribution in [3.05, 3.63) is 52.2 Å². The molecular formula is C20H24FN3O3. The van der Waals surface area contributed by atoms with Gasteiger partial charge in [-0.15, -0.1) is 0 Å². The third kappa shape index (κ3) is 4.42. The van der Waals surface area contributed by atoms with Gasteiger partial charge in [0.1, 0.15) is 12.4 Å². The monoisotopic (exact) mass is 373 g/mol. The van der Waals surface area contributed by atoms with E-state index in [9.17, 15) is 19.1 Å². The van der Waals surface area contributed by atoms with Crippen LogP contribution in [0.15, 0.2) is 35.1 Å². The Morgan fingerprint density at radius 3 is 2.56 bits per heavy atom. The van der Waals surface area contributed by atoms with Crippen LogP contribution in [0.1, 0.15) is 45.2 Å². The quantitative estimate of drug-likeness (QED) is 0.842. The van der Waals surface area contributed by atoms with E-state index >= 15 is 0 Å². The maximum atomic E-state index is 13.2. The fourth-order valence-electron chi connectivity index (χ4n) is 3.42. The molecule has 2 N–H and O–H groups in total. The van der Waals surface area contributed by atoms with Crippen molar-refractivity contribution in [2.45, 2.75) is 57.7 Å². The summed E-state index contributed by atoms with van der Waals surface area (Å²) < 4.78 is 14.3. The van der Waals surface area contributed by atoms with Gasteiger partial charge in [-0.1, -0.05) is 26.0 Å². The molecule has 1 heterocycles. The molecule has 2 aromatic rings. The van der Waals surface area contributed by atoms with Gasteiger partial charge in [-0.2, -0.15) is 5.10 Å². The van der Waals surface area contributed by atoms with Gasteiger partial charge in [-0.05, 0) is 43.4 Å². The van der Waals surface area contributed by atoms with Crippen LogP contribution < -0.4 is 10.9 Å². The summed E-state index contributed by atoms with van der Waals surface area (Å²) >= 11 is 0. The number of hydrogen-bond donors (Lipinski definition) is 2. The largest absolute Gasteiger partial charge is 0.390 e. The zero-order chi connectivity index (χ0) is 19.8. The van der Waals surface area contributed by atoms with Crippen molar-refractivity contribution in [2.24, 2.45) is 0 Å². The Balaban J connectivity index is 1.82. The lowest BCUT2D eigenvalue weighted by Gasteiger charge is -2.41. The summed E-state index contributed by atoms with van der Waals surface area (Å²) in [7, 11) is 0. The Hall–Kier alpha value is -2.54. The van der Waals surface area contributed by atoms with Gasteiger partial charge in [-0.3, -0.25) is 9.59 Å². The molecule has 0 aliphatic heterocycles. The molecule has 7 heteroatoms. The SMILES string of the molecule is CC(C)c1nn(CC(=O)NC2CC(C)(O)C2)c(=O)cc1-c1ccc(F)cc1. The molecule has 1 aliphatic carbocycles. The third-order valence-corrected chi connectivity index (χ3v) is 4.76. The zero-order valence-electron chi connectivity index (χ0n) is 15.7. The van der Waals surface area contributed by atoms with Crippen molar-refractivity contribution in [3.63, 3.8) is 0 Å². The number of nitrogens with one attached hydrogen (secondary N) is 1. The number of hydrogen-bond acceptors (Lipinski definition) is 4. The summed E-state index contributed by atoms with van der Waals surface area (Å²) in [6, 6.07) is 7.26. The maximum Gasteiger partial charge on any atom is 0.267 e. The van der Waals surface area contributed by atoms with Crippen LogP contribution in [0.2, 0.25) is 0 Å². The average Bonchev–Trinajstić information content (AvgIpc) is 2.55. The normalized spacial score (nSPS) is 21.8. The van der Waals surface area contributed by atoms with Crippen molar-refractivity contribution >= 4 is 5.91 Å². The molecule has 0 atom stereocenters. The average molecular weight is 373 g/mol. The molecule has 1 saturated carbocycles. The highest BCUT2D eigenvalue weighted by Gasteiger charge is 2.39. The Kier molecular flexibility index (Phi) is 5.15. The summed E-state index contributed by atoms with van der Waals surface area (Å²) in [5.74, 6) is -0.645. The van der Waals surface area contributed by atoms with E-state index in [1.54, 1.807) is 19.1 Å². The number of halogens is 1. The van der Waals surface area contributed by atoms with Crippen LogP contribution >= 0.6 is 0 Å². The number of nitrogens with zero attached hydrogens (tertiary/aromatic N) is 2. The molecule has 3 rings (SSSR count). The predicted octanol–water partition coefficient (Wildman–Crippen LogP) is 2.20. The second-order valence-electron chi connectivity index (χ2n) is 7.77. The lowest BCUT2D eigenvalue weighted by molar-refractivity contribution is -0.125. The number of amides is 1. The van der Waals surface area contributed by atoms with E-state index in [1.807, 2.05) is 13.8 Å². The molecule has 0 saturated heterocycles. The standard InChI is InChI=1S/C20H24FN3O3/c1-12(2)19-16(13-4-6-14(21)7-5-13)8-18(26)24(23-19)11-17(25)22-15-9-20(3,27)10-15/h4-8,12,15,27H,9-11H2,1-3H3,(H,22,25). The number of aromatic nitrogens is 2. The van der Waals surface area contributed by atoms with Gasteiger partial charge in [0, 0.05) is 17.7 Å². The molecule has 27 heavy (non-hydrogen) atoms. The van der Waals surface area contributed by atoms with Gasteiger partial charge < -0.3 is 10.4 Å². The van der Waals surface area contributed by atoms with E-state index in [0.29, 0.717) is 29.7 Å². The summed E-state index contributed by atoms with van der Waals surface area (Å²) in [5, 5.41) is 16.9. The van der Waals surface area contributed by atoms with Gasteiger partial charge in [0.2, 0.25) is 5.91 Å². The second kappa shape index (κ2) is 7.23. The fourth-order valence-corrected chi connectivity index (χ4v) is 3.42. The van der Waals surface area contributed by atoms with Crippen molar-refractivity contribution in [3.8, 4) is 11.1 Å². The predicted molar refractivity (Wildman–Crippen MR) is 99.8 cm³/mol. The Morgan fingerprint density at radius 2 is 2.00 bits per heavy atom. The third-order valence-electron chi connectivity index (χ3n) is 4.76. The van der Waals surface area contributed by atoms with E-state index in [4.69, 9.17) is 0 Å². The molecule has 1 amide bonds. The first-order valence-corrected chi connectivity index (χ1v) is 9.04. The van der Waals surface area contributed by atoms with E-state index in [1.165, 1.54) is 18.2 Å². The van der Waals surface area contributed by atoms with Gasteiger partial charge >= 0.3 is 0 Å². The van der Waals surface area contributed by atoms with Crippen LogP contribution in [0.25, 0.3) is 11.1 Å². The molecule has 1 fully saturated rings. The zero-order valence-corrected chi connectivity index (χ0v) is 15.7. The van der Waals surface area contributed by atoms with Crippen LogP contribution in [0.4, 0.5) is 4.39 Å². The highest BCUT2D eigenvalue weighted by Crippen LogP contribution is 2.31. The molecule has 1 aromatic carbocycles. The summed E-state index contributed by atoms with van der Waals surface area (Å²) in [6.45, 7) is 5.44. The second-order valence-corrected chi connectivity index (χ2v) is 7.77. The molecule has 0 spiro atoms. The minimum absolute atomic E-state index is 0.0155. The first-order chi connectivity index (χ1) is 12.6. The van der Waals surface area contributed by atoms with Crippen LogP contribution in [0.5, 0.6) is 0 Å². The lowest BCUT2D eigenvalue weighted by Crippen LogP contribution is -2.54. The van der Waals surface area contributed by atoms with Gasteiger partial charge in [0.25, 0.3) is 5.56 Å². The Bertz CT molecular complexity index is 896. The van der Waals surface area contributed by atoms with Crippen LogP contribution in [0, 0.1) is 5.82 Å². The molecule has 1 aromatic heterocycles. The summed E-state index contributed by atoms with van der Waals surface area (Å²) in [6.07, 6.45) is 1.00. The van der Waals surface area contributed by atoms with Crippen LogP contribution in [0.3, 0.4) is 0 Å². The van der Waals surface area contributed by atoms with Gasteiger partial charge in [0.15, 0.2) is 0 Å². The van der Waals surface area contributed by atoms with E-state index < -0.39 is 11.2 Å². The summed E-state index contributed by atoms with van der Waals surface area (Å²) in [4.78, 5) is 24.7. The summed E-state index contributed by atoms with van der Waals surface area (Å²) in [5.41, 5.74) is 0.893. The van der Waals surface area contributed by atoms with Crippen molar-refractivity contribution < 1.29 is 14.3 Å². The Morgan fingerprint density at radius 1 is 1.37 bits per heavy atom. The fraction of sp³-hybridized carbons (Fsp3) is 0.450. The van der Waals surface area contributed by atoms with Gasteiger partial charge in [0.05, 0.1) is 11.3 Å². The maximum absolute atomic E-state index is 13.2. The van der Waals surface area contributed by atoms with Crippen LogP contribution in [-0.4, -0.2) is 32.4 Å². The van der Waals surface area contributed by atoms with E-state index in [0.717, 1.165) is 4.68 Å². The topological polar surface area (TPSA) is 84.2 Å². The Labute approximate surface area is 157 Å². The highest BCUT2D eigenvalue weighted by atomic mass is 19.1. The lowest BCUT2D eigenvalue weighted by atomic mass is 9.77. The number of carbonyl (C=O) groups is 1. The molecule has 144 valence electrons. The molecule has 0 unspecified atom stereocenters. The highest BCUT2D eigenvalue weighted by molar-refractivity contribution is 5.76. The smallest absolute Gasteiger partial charge is 0.267 e. The molecule has 1 aliphatic rings. The number of rotatable bonds is 5. The first kappa shape index (κ1) is 19.2. The molecule has 6 nitrogen and oxygen atoms in total. The van der Waals surface area contributed by atoms with Crippen molar-refractivity contribution in [2.75, 3.05) is 0 Å². The number of benzene rings is 1. The van der Waals surface area contributed by atoms with E-state index in [-0.39, 0.29) is 30.2 Å². The molecular weight excluding hydrogens is 349 g/mol.